The number of fused-ring (bicyclic) bond motifs is 1. The Labute approximate surface area is 150 Å². The summed E-state index contributed by atoms with van der Waals surface area (Å²) in [5, 5.41) is 14.9. The molecule has 0 aromatic carbocycles. The summed E-state index contributed by atoms with van der Waals surface area (Å²) in [6.45, 7) is 0.518. The Bertz CT molecular complexity index is 1010. The molecule has 2 aliphatic rings. The maximum Gasteiger partial charge on any atom is 0.197 e. The number of rotatable bonds is 4. The van der Waals surface area contributed by atoms with E-state index in [9.17, 15) is 0 Å². The minimum atomic E-state index is -0.880. The van der Waals surface area contributed by atoms with E-state index in [0.717, 1.165) is 28.0 Å². The first-order valence-corrected chi connectivity index (χ1v) is 8.74. The van der Waals surface area contributed by atoms with Crippen LogP contribution in [-0.2, 0) is 12.2 Å². The van der Waals surface area contributed by atoms with Crippen molar-refractivity contribution in [3.8, 4) is 0 Å². The van der Waals surface area contributed by atoms with Crippen LogP contribution in [0.25, 0.3) is 11.0 Å². The molecule has 3 aromatic heterocycles. The number of hydrogen-bond donors (Lipinski definition) is 5. The van der Waals surface area contributed by atoms with Crippen molar-refractivity contribution >= 4 is 17.0 Å². The summed E-state index contributed by atoms with van der Waals surface area (Å²) >= 11 is 0. The Hall–Kier alpha value is -3.13. The highest BCUT2D eigenvalue weighted by Crippen LogP contribution is 2.39. The van der Waals surface area contributed by atoms with Gasteiger partial charge in [0.25, 0.3) is 0 Å². The maximum atomic E-state index is 6.53. The van der Waals surface area contributed by atoms with Crippen LogP contribution in [0, 0.1) is 0 Å². The Morgan fingerprint density at radius 2 is 2.23 bits per heavy atom. The van der Waals surface area contributed by atoms with Crippen molar-refractivity contribution in [3.05, 3.63) is 59.8 Å². The highest BCUT2D eigenvalue weighted by atomic mass is 15.3. The Kier molecular flexibility index (Phi) is 3.32. The second kappa shape index (κ2) is 5.70. The minimum Gasteiger partial charge on any atom is -0.346 e. The van der Waals surface area contributed by atoms with Crippen molar-refractivity contribution in [2.75, 3.05) is 0 Å². The van der Waals surface area contributed by atoms with Crippen molar-refractivity contribution in [2.24, 2.45) is 10.7 Å². The average molecular weight is 348 g/mol. The summed E-state index contributed by atoms with van der Waals surface area (Å²) in [5.74, 6) is 1.22. The van der Waals surface area contributed by atoms with Gasteiger partial charge in [0.15, 0.2) is 11.6 Å². The number of nitrogens with one attached hydrogen (secondary N) is 4. The largest absolute Gasteiger partial charge is 0.346 e. The van der Waals surface area contributed by atoms with E-state index in [0.29, 0.717) is 18.4 Å². The maximum absolute atomic E-state index is 6.53. The van der Waals surface area contributed by atoms with Crippen LogP contribution < -0.4 is 16.4 Å². The zero-order valence-electron chi connectivity index (χ0n) is 14.2. The van der Waals surface area contributed by atoms with Gasteiger partial charge in [-0.15, -0.1) is 0 Å². The van der Waals surface area contributed by atoms with Crippen molar-refractivity contribution in [1.82, 2.24) is 30.8 Å². The second-order valence-corrected chi connectivity index (χ2v) is 6.83. The van der Waals surface area contributed by atoms with E-state index in [-0.39, 0.29) is 0 Å². The lowest BCUT2D eigenvalue weighted by molar-refractivity contribution is 0.483. The summed E-state index contributed by atoms with van der Waals surface area (Å²) in [5.41, 5.74) is 9.54. The van der Waals surface area contributed by atoms with Crippen LogP contribution in [0.15, 0.2) is 47.9 Å². The number of pyridine rings is 1. The fourth-order valence-electron chi connectivity index (χ4n) is 3.23. The number of hydrogen-bond acceptors (Lipinski definition) is 4. The molecule has 1 fully saturated rings. The zero-order valence-corrected chi connectivity index (χ0v) is 14.2. The van der Waals surface area contributed by atoms with Gasteiger partial charge < -0.3 is 21.4 Å². The van der Waals surface area contributed by atoms with Gasteiger partial charge in [-0.25, -0.2) is 9.98 Å². The smallest absolute Gasteiger partial charge is 0.197 e. The average Bonchev–Trinajstić information content (AvgIpc) is 3.18. The summed E-state index contributed by atoms with van der Waals surface area (Å²) in [7, 11) is 0. The van der Waals surface area contributed by atoms with Gasteiger partial charge in [-0.05, 0) is 42.7 Å². The number of aromatic amines is 2. The highest BCUT2D eigenvalue weighted by molar-refractivity contribution is 5.84. The molecule has 1 atom stereocenters. The van der Waals surface area contributed by atoms with E-state index < -0.39 is 5.66 Å². The lowest BCUT2D eigenvalue weighted by Gasteiger charge is -2.30. The van der Waals surface area contributed by atoms with E-state index in [1.165, 1.54) is 12.8 Å². The third-order valence-electron chi connectivity index (χ3n) is 4.89. The Morgan fingerprint density at radius 1 is 1.31 bits per heavy atom. The number of guanidine groups is 1. The minimum absolute atomic E-state index is 0.518. The first-order chi connectivity index (χ1) is 12.7. The van der Waals surface area contributed by atoms with Gasteiger partial charge >= 0.3 is 0 Å². The van der Waals surface area contributed by atoms with Gasteiger partial charge in [0.05, 0.1) is 6.54 Å². The number of nitrogens with zero attached hydrogens (tertiary/aromatic N) is 3. The van der Waals surface area contributed by atoms with Gasteiger partial charge in [-0.3, -0.25) is 5.10 Å². The van der Waals surface area contributed by atoms with Gasteiger partial charge in [0.2, 0.25) is 0 Å². The molecule has 0 saturated heterocycles. The molecular weight excluding hydrogens is 328 g/mol. The lowest BCUT2D eigenvalue weighted by Crippen LogP contribution is -2.57. The molecule has 3 aromatic rings. The van der Waals surface area contributed by atoms with E-state index in [2.05, 4.69) is 35.8 Å². The molecule has 6 N–H and O–H groups in total. The van der Waals surface area contributed by atoms with E-state index in [1.807, 2.05) is 30.5 Å². The third-order valence-corrected chi connectivity index (χ3v) is 4.89. The monoisotopic (exact) mass is 348 g/mol. The van der Waals surface area contributed by atoms with Crippen LogP contribution in [0.1, 0.15) is 35.7 Å². The molecule has 26 heavy (non-hydrogen) atoms. The topological polar surface area (TPSA) is 120 Å². The Balaban J connectivity index is 1.37. The number of aliphatic imine (C=N–C) groups is 1. The summed E-state index contributed by atoms with van der Waals surface area (Å²) in [4.78, 5) is 12.1. The van der Waals surface area contributed by atoms with Crippen LogP contribution in [0.4, 0.5) is 0 Å². The van der Waals surface area contributed by atoms with Crippen LogP contribution in [0.3, 0.4) is 0 Å². The molecule has 8 nitrogen and oxygen atoms in total. The Morgan fingerprint density at radius 3 is 3.12 bits per heavy atom. The zero-order chi connectivity index (χ0) is 17.6. The van der Waals surface area contributed by atoms with Crippen LogP contribution in [-0.4, -0.2) is 26.1 Å². The van der Waals surface area contributed by atoms with Crippen molar-refractivity contribution in [3.63, 3.8) is 0 Å². The molecule has 1 saturated carbocycles. The molecule has 0 radical (unpaired) electrons. The van der Waals surface area contributed by atoms with Crippen molar-refractivity contribution in [2.45, 2.75) is 31.0 Å². The molecule has 1 aliphatic heterocycles. The van der Waals surface area contributed by atoms with Crippen molar-refractivity contribution < 1.29 is 0 Å². The number of nitrogens with two attached hydrogens (primary N) is 1. The van der Waals surface area contributed by atoms with Gasteiger partial charge in [0.1, 0.15) is 11.3 Å². The lowest BCUT2D eigenvalue weighted by atomic mass is 10.1. The molecule has 1 aliphatic carbocycles. The summed E-state index contributed by atoms with van der Waals surface area (Å²) in [6, 6.07) is 6.03. The SMILES string of the molecule is NC1(c2cc(C3CC3)[nH]n2)C=CNC(=NCc2ccnc3[nH]ccc23)N1. The molecule has 0 bridgehead atoms. The normalized spacial score (nSPS) is 24.0. The second-order valence-electron chi connectivity index (χ2n) is 6.83. The molecule has 0 amide bonds. The van der Waals surface area contributed by atoms with Gasteiger partial charge in [-0.2, -0.15) is 5.10 Å². The van der Waals surface area contributed by atoms with E-state index in [1.54, 1.807) is 12.4 Å². The summed E-state index contributed by atoms with van der Waals surface area (Å²) < 4.78 is 0. The van der Waals surface area contributed by atoms with Gasteiger partial charge in [-0.1, -0.05) is 0 Å². The highest BCUT2D eigenvalue weighted by Gasteiger charge is 2.33. The predicted octanol–water partition coefficient (Wildman–Crippen LogP) is 1.54. The molecule has 132 valence electrons. The van der Waals surface area contributed by atoms with Crippen molar-refractivity contribution in [1.29, 1.82) is 0 Å². The van der Waals surface area contributed by atoms with Crippen LogP contribution in [0.2, 0.25) is 0 Å². The standard InChI is InChI=1S/C18H20N8/c19-18(15-9-14(25-26-15)11-1-2-11)5-8-22-17(24-18)23-10-12-3-6-20-16-13(12)4-7-21-16/h3-9,11H,1-2,10,19H2,(H,20,21)(H,25,26)(H2,22,23,24). The molecular formula is C18H20N8. The molecule has 4 heterocycles. The summed E-state index contributed by atoms with van der Waals surface area (Å²) in [6.07, 6.45) is 9.77. The quantitative estimate of drug-likeness (QED) is 0.490. The fourth-order valence-corrected chi connectivity index (χ4v) is 3.23. The molecule has 8 heteroatoms. The van der Waals surface area contributed by atoms with Crippen LogP contribution in [0.5, 0.6) is 0 Å². The molecule has 1 unspecified atom stereocenters. The molecule has 0 spiro atoms. The number of aromatic nitrogens is 4. The fraction of sp³-hybridized carbons (Fsp3) is 0.278. The molecule has 5 rings (SSSR count). The third kappa shape index (κ3) is 2.64. The number of H-pyrrole nitrogens is 2. The van der Waals surface area contributed by atoms with E-state index >= 15 is 0 Å². The first kappa shape index (κ1) is 15.2. The predicted molar refractivity (Wildman–Crippen MR) is 99.1 cm³/mol. The first-order valence-electron chi connectivity index (χ1n) is 8.74. The van der Waals surface area contributed by atoms with Crippen LogP contribution >= 0.6 is 0 Å². The van der Waals surface area contributed by atoms with E-state index in [4.69, 9.17) is 5.73 Å². The van der Waals surface area contributed by atoms with Gasteiger partial charge in [0, 0.05) is 35.6 Å².